The van der Waals surface area contributed by atoms with Crippen molar-refractivity contribution in [2.24, 2.45) is 24.4 Å². The molecule has 13 nitrogen and oxygen atoms in total. The van der Waals surface area contributed by atoms with Gasteiger partial charge in [0, 0.05) is 5.39 Å². The van der Waals surface area contributed by atoms with Crippen LogP contribution in [0, 0.1) is 23.7 Å². The standard InChI is InChI=1S/C25H20N6O7S2/c1-13-10-15(4-7-18(13)27-3)16-5-8-19(14(2)11-16)28-29-20-9-6-17-21(39(35,36)30-33)12-22(40(37,38)31-34)24(26)23(17)25(20)32/h4-12,32H,3,26H2,1-2H3. The lowest BCUT2D eigenvalue weighted by Gasteiger charge is -2.12. The lowest BCUT2D eigenvalue weighted by molar-refractivity contribution is 0.482. The van der Waals surface area contributed by atoms with Crippen LogP contribution in [0.4, 0.5) is 22.7 Å². The maximum absolute atomic E-state index is 12.3. The summed E-state index contributed by atoms with van der Waals surface area (Å²) < 4.78 is 52.9. The first-order valence-electron chi connectivity index (χ1n) is 11.2. The van der Waals surface area contributed by atoms with Crippen molar-refractivity contribution >= 4 is 60.3 Å². The average Bonchev–Trinajstić information content (AvgIpc) is 2.92. The maximum Gasteiger partial charge on any atom is 0.319 e. The second kappa shape index (κ2) is 10.3. The molecular formula is C25H20N6O7S2. The number of azo groups is 1. The van der Waals surface area contributed by atoms with Crippen LogP contribution in [0.25, 0.3) is 21.9 Å². The van der Waals surface area contributed by atoms with Gasteiger partial charge >= 0.3 is 20.0 Å². The van der Waals surface area contributed by atoms with Crippen molar-refractivity contribution in [3.8, 4) is 16.9 Å². The quantitative estimate of drug-likeness (QED) is 0.108. The predicted molar refractivity (Wildman–Crippen MR) is 151 cm³/mol. The van der Waals surface area contributed by atoms with Gasteiger partial charge in [-0.05, 0) is 79.2 Å². The van der Waals surface area contributed by atoms with Gasteiger partial charge in [0.25, 0.3) is 0 Å². The molecule has 0 aliphatic heterocycles. The lowest BCUT2D eigenvalue weighted by Crippen LogP contribution is -2.06. The summed E-state index contributed by atoms with van der Waals surface area (Å²) in [7, 11) is -9.90. The smallest absolute Gasteiger partial charge is 0.319 e. The zero-order chi connectivity index (χ0) is 29.4. The van der Waals surface area contributed by atoms with Crippen molar-refractivity contribution in [3.05, 3.63) is 75.5 Å². The lowest BCUT2D eigenvalue weighted by atomic mass is 10.00. The number of aryl methyl sites for hydroxylation is 2. The van der Waals surface area contributed by atoms with Gasteiger partial charge in [0.2, 0.25) is 0 Å². The molecule has 0 spiro atoms. The summed E-state index contributed by atoms with van der Waals surface area (Å²) in [6.45, 7) is 7.27. The van der Waals surface area contributed by atoms with E-state index in [-0.39, 0.29) is 11.1 Å². The third-order valence-electron chi connectivity index (χ3n) is 6.13. The van der Waals surface area contributed by atoms with Crippen molar-refractivity contribution < 1.29 is 21.9 Å². The molecule has 0 amide bonds. The fraction of sp³-hybridized carbons (Fsp3) is 0.0800. The van der Waals surface area contributed by atoms with E-state index < -0.39 is 46.7 Å². The molecular weight excluding hydrogens is 560 g/mol. The Balaban J connectivity index is 1.83. The SMILES string of the molecule is C=Nc1ccc(-c2ccc(N=Nc3ccc4c(S(=O)(=O)N=O)cc(S(=O)(=O)N=O)c(N)c4c3O)c(C)c2)cc1C. The van der Waals surface area contributed by atoms with Crippen molar-refractivity contribution in [3.63, 3.8) is 0 Å². The average molecular weight is 581 g/mol. The zero-order valence-electron chi connectivity index (χ0n) is 20.9. The Morgan fingerprint density at radius 1 is 0.725 bits per heavy atom. The first-order chi connectivity index (χ1) is 18.8. The summed E-state index contributed by atoms with van der Waals surface area (Å²) in [5, 5.41) is 18.3. The largest absolute Gasteiger partial charge is 0.505 e. The molecule has 0 heterocycles. The molecule has 3 N–H and O–H groups in total. The van der Waals surface area contributed by atoms with Crippen LogP contribution in [-0.2, 0) is 20.0 Å². The molecule has 0 aliphatic rings. The molecule has 204 valence electrons. The van der Waals surface area contributed by atoms with Crippen LogP contribution in [0.3, 0.4) is 0 Å². The summed E-state index contributed by atoms with van der Waals surface area (Å²) in [4.78, 5) is 23.9. The number of sulfonamides is 2. The number of nitrogens with two attached hydrogens (primary N) is 1. The minimum Gasteiger partial charge on any atom is -0.505 e. The third kappa shape index (κ3) is 4.94. The van der Waals surface area contributed by atoms with E-state index in [1.807, 2.05) is 46.4 Å². The molecule has 4 aromatic rings. The van der Waals surface area contributed by atoms with E-state index in [4.69, 9.17) is 5.73 Å². The summed E-state index contributed by atoms with van der Waals surface area (Å²) in [5.74, 6) is -0.746. The van der Waals surface area contributed by atoms with Gasteiger partial charge in [0.05, 0.1) is 31.6 Å². The highest BCUT2D eigenvalue weighted by Gasteiger charge is 2.29. The molecule has 4 rings (SSSR count). The number of nitrogens with zero attached hydrogens (tertiary/aromatic N) is 5. The van der Waals surface area contributed by atoms with Gasteiger partial charge in [0.15, 0.2) is 5.75 Å². The highest BCUT2D eigenvalue weighted by atomic mass is 32.2. The van der Waals surface area contributed by atoms with Gasteiger partial charge in [-0.25, -0.2) is 0 Å². The number of anilines is 1. The number of rotatable bonds is 8. The molecule has 0 bridgehead atoms. The van der Waals surface area contributed by atoms with Crippen LogP contribution >= 0.6 is 0 Å². The van der Waals surface area contributed by atoms with E-state index in [0.717, 1.165) is 34.0 Å². The molecule has 0 fully saturated rings. The van der Waals surface area contributed by atoms with Gasteiger partial charge in [-0.1, -0.05) is 18.2 Å². The number of phenolic OH excluding ortho intramolecular Hbond substituents is 1. The van der Waals surface area contributed by atoms with Crippen LogP contribution in [0.1, 0.15) is 11.1 Å². The number of aliphatic imine (C=N–C) groups is 1. The minimum atomic E-state index is -4.97. The van der Waals surface area contributed by atoms with Crippen molar-refractivity contribution in [2.75, 3.05) is 5.73 Å². The number of benzene rings is 4. The van der Waals surface area contributed by atoms with Crippen LogP contribution in [0.5, 0.6) is 5.75 Å². The molecule has 4 aromatic carbocycles. The van der Waals surface area contributed by atoms with Gasteiger partial charge in [-0.15, -0.1) is 14.9 Å². The summed E-state index contributed by atoms with van der Waals surface area (Å²) >= 11 is 0. The van der Waals surface area contributed by atoms with E-state index >= 15 is 0 Å². The first-order valence-corrected chi connectivity index (χ1v) is 14.1. The summed E-state index contributed by atoms with van der Waals surface area (Å²) in [6.07, 6.45) is 0. The van der Waals surface area contributed by atoms with Crippen LogP contribution in [0.15, 0.2) is 88.8 Å². The van der Waals surface area contributed by atoms with Crippen LogP contribution in [-0.4, -0.2) is 28.7 Å². The molecule has 15 heteroatoms. The normalized spacial score (nSPS) is 12.1. The number of hydrogen-bond donors (Lipinski definition) is 2. The molecule has 0 radical (unpaired) electrons. The highest BCUT2D eigenvalue weighted by Crippen LogP contribution is 2.44. The fourth-order valence-electron chi connectivity index (χ4n) is 4.11. The van der Waals surface area contributed by atoms with E-state index in [1.165, 1.54) is 6.07 Å². The fourth-order valence-corrected chi connectivity index (χ4v) is 5.71. The number of fused-ring (bicyclic) bond motifs is 1. The van der Waals surface area contributed by atoms with Gasteiger partial charge in [-0.3, -0.25) is 4.99 Å². The summed E-state index contributed by atoms with van der Waals surface area (Å²) in [5.41, 5.74) is 9.80. The van der Waals surface area contributed by atoms with E-state index in [0.29, 0.717) is 11.8 Å². The second-order valence-corrected chi connectivity index (χ2v) is 11.7. The monoisotopic (exact) mass is 580 g/mol. The van der Waals surface area contributed by atoms with Crippen molar-refractivity contribution in [2.45, 2.75) is 23.6 Å². The molecule has 0 unspecified atom stereocenters. The van der Waals surface area contributed by atoms with Crippen LogP contribution < -0.4 is 5.73 Å². The Kier molecular flexibility index (Phi) is 7.28. The number of nitrogen functional groups attached to an aromatic ring is 1. The van der Waals surface area contributed by atoms with Gasteiger partial charge in [0.1, 0.15) is 15.5 Å². The maximum atomic E-state index is 12.3. The first kappa shape index (κ1) is 28.1. The molecule has 0 atom stereocenters. The molecule has 0 aliphatic carbocycles. The predicted octanol–water partition coefficient (Wildman–Crippen LogP) is 6.07. The summed E-state index contributed by atoms with van der Waals surface area (Å²) in [6, 6.07) is 14.0. The molecule has 40 heavy (non-hydrogen) atoms. The molecule has 0 saturated carbocycles. The van der Waals surface area contributed by atoms with E-state index in [9.17, 15) is 31.8 Å². The Morgan fingerprint density at radius 3 is 1.75 bits per heavy atom. The van der Waals surface area contributed by atoms with Crippen LogP contribution in [0.2, 0.25) is 0 Å². The number of phenols is 1. The third-order valence-corrected chi connectivity index (χ3v) is 8.31. The van der Waals surface area contributed by atoms with Crippen molar-refractivity contribution in [1.29, 1.82) is 0 Å². The number of nitroso groups, excluding NO2 is 2. The highest BCUT2D eigenvalue weighted by molar-refractivity contribution is 7.91. The Labute approximate surface area is 228 Å². The Morgan fingerprint density at radius 2 is 1.23 bits per heavy atom. The van der Waals surface area contributed by atoms with Crippen molar-refractivity contribution in [1.82, 2.24) is 0 Å². The Bertz CT molecular complexity index is 1990. The zero-order valence-corrected chi connectivity index (χ0v) is 22.6. The number of aromatic hydroxyl groups is 1. The Hall–Kier alpha value is -4.89. The topological polar surface area (TPSA) is 210 Å². The van der Waals surface area contributed by atoms with Gasteiger partial charge < -0.3 is 10.8 Å². The molecule has 0 aromatic heterocycles. The van der Waals surface area contributed by atoms with E-state index in [2.05, 4.69) is 21.9 Å². The van der Waals surface area contributed by atoms with Gasteiger partial charge in [-0.2, -0.15) is 21.9 Å². The molecule has 0 saturated heterocycles. The number of hydrogen-bond acceptors (Lipinski definition) is 11. The van der Waals surface area contributed by atoms with E-state index in [1.54, 1.807) is 13.0 Å². The minimum absolute atomic E-state index is 0.207. The second-order valence-electron chi connectivity index (χ2n) is 8.60.